The van der Waals surface area contributed by atoms with Crippen LogP contribution < -0.4 is 10.1 Å². The predicted octanol–water partition coefficient (Wildman–Crippen LogP) is 3.36. The van der Waals surface area contributed by atoms with Crippen molar-refractivity contribution >= 4 is 34.1 Å². The standard InChI is InChI=1S/C14H17N3O2S2/c1-9(2)20-14-17-16-13(21-14)15-12(18)8-19-11-6-4-10(3)5-7-11/h4-7,9H,8H2,1-3H3,(H,15,16,18). The summed E-state index contributed by atoms with van der Waals surface area (Å²) >= 11 is 2.99. The lowest BCUT2D eigenvalue weighted by Gasteiger charge is -2.05. The molecule has 0 fully saturated rings. The molecule has 0 saturated carbocycles. The number of hydrogen-bond acceptors (Lipinski definition) is 6. The van der Waals surface area contributed by atoms with Gasteiger partial charge in [0.15, 0.2) is 10.9 Å². The number of benzene rings is 1. The van der Waals surface area contributed by atoms with Gasteiger partial charge < -0.3 is 4.74 Å². The zero-order valence-corrected chi connectivity index (χ0v) is 13.8. The van der Waals surface area contributed by atoms with E-state index in [4.69, 9.17) is 4.74 Å². The second kappa shape index (κ2) is 7.42. The molecule has 0 spiro atoms. The summed E-state index contributed by atoms with van der Waals surface area (Å²) in [5.74, 6) is 0.428. The maximum atomic E-state index is 11.8. The van der Waals surface area contributed by atoms with E-state index in [1.54, 1.807) is 11.8 Å². The van der Waals surface area contributed by atoms with E-state index in [0.717, 1.165) is 9.90 Å². The summed E-state index contributed by atoms with van der Waals surface area (Å²) in [7, 11) is 0. The van der Waals surface area contributed by atoms with Crippen molar-refractivity contribution in [2.45, 2.75) is 30.4 Å². The Morgan fingerprint density at radius 1 is 1.33 bits per heavy atom. The van der Waals surface area contributed by atoms with Gasteiger partial charge in [-0.1, -0.05) is 54.6 Å². The van der Waals surface area contributed by atoms with Crippen LogP contribution >= 0.6 is 23.1 Å². The molecule has 1 amide bonds. The van der Waals surface area contributed by atoms with Crippen molar-refractivity contribution in [2.24, 2.45) is 0 Å². The fraction of sp³-hybridized carbons (Fsp3) is 0.357. The number of nitrogens with zero attached hydrogens (tertiary/aromatic N) is 2. The molecule has 2 rings (SSSR count). The van der Waals surface area contributed by atoms with E-state index in [1.807, 2.05) is 31.2 Å². The van der Waals surface area contributed by atoms with Gasteiger partial charge in [-0.2, -0.15) is 0 Å². The summed E-state index contributed by atoms with van der Waals surface area (Å²) in [6, 6.07) is 7.55. The number of aromatic nitrogens is 2. The molecule has 21 heavy (non-hydrogen) atoms. The molecule has 1 N–H and O–H groups in total. The van der Waals surface area contributed by atoms with Crippen LogP contribution in [0.4, 0.5) is 5.13 Å². The number of nitrogens with one attached hydrogen (secondary N) is 1. The van der Waals surface area contributed by atoms with Gasteiger partial charge in [0, 0.05) is 5.25 Å². The van der Waals surface area contributed by atoms with Crippen LogP contribution in [0.15, 0.2) is 28.6 Å². The number of rotatable bonds is 6. The number of carbonyl (C=O) groups excluding carboxylic acids is 1. The zero-order valence-electron chi connectivity index (χ0n) is 12.1. The first-order chi connectivity index (χ1) is 10.0. The van der Waals surface area contributed by atoms with Crippen molar-refractivity contribution in [2.75, 3.05) is 11.9 Å². The molecular formula is C14H17N3O2S2. The van der Waals surface area contributed by atoms with Gasteiger partial charge in [0.25, 0.3) is 5.91 Å². The van der Waals surface area contributed by atoms with Gasteiger partial charge in [-0.05, 0) is 19.1 Å². The second-order valence-corrected chi connectivity index (χ2v) is 7.49. The topological polar surface area (TPSA) is 64.1 Å². The highest BCUT2D eigenvalue weighted by Crippen LogP contribution is 2.28. The Hall–Kier alpha value is -1.60. The normalized spacial score (nSPS) is 10.7. The van der Waals surface area contributed by atoms with Gasteiger partial charge >= 0.3 is 0 Å². The van der Waals surface area contributed by atoms with Crippen molar-refractivity contribution in [1.29, 1.82) is 0 Å². The monoisotopic (exact) mass is 323 g/mol. The Balaban J connectivity index is 1.81. The Bertz CT molecular complexity index is 597. The van der Waals surface area contributed by atoms with Gasteiger partial charge in [0.2, 0.25) is 5.13 Å². The number of aryl methyl sites for hydroxylation is 1. The molecule has 7 heteroatoms. The lowest BCUT2D eigenvalue weighted by Crippen LogP contribution is -2.20. The van der Waals surface area contributed by atoms with Crippen molar-refractivity contribution in [3.63, 3.8) is 0 Å². The third-order valence-electron chi connectivity index (χ3n) is 2.38. The molecule has 0 aliphatic heterocycles. The Labute approximate surface area is 132 Å². The Kier molecular flexibility index (Phi) is 5.58. The molecule has 0 aliphatic rings. The number of anilines is 1. The molecule has 1 aromatic heterocycles. The molecule has 1 aromatic carbocycles. The van der Waals surface area contributed by atoms with Gasteiger partial charge in [0.05, 0.1) is 0 Å². The molecule has 2 aromatic rings. The van der Waals surface area contributed by atoms with E-state index in [1.165, 1.54) is 11.3 Å². The van der Waals surface area contributed by atoms with Gasteiger partial charge in [-0.15, -0.1) is 10.2 Å². The summed E-state index contributed by atoms with van der Waals surface area (Å²) in [4.78, 5) is 11.8. The van der Waals surface area contributed by atoms with Crippen LogP contribution in [0.1, 0.15) is 19.4 Å². The molecule has 1 heterocycles. The van der Waals surface area contributed by atoms with Crippen LogP contribution in [0.25, 0.3) is 0 Å². The van der Waals surface area contributed by atoms with E-state index in [2.05, 4.69) is 29.4 Å². The van der Waals surface area contributed by atoms with Gasteiger partial charge in [-0.25, -0.2) is 0 Å². The lowest BCUT2D eigenvalue weighted by atomic mass is 10.2. The molecule has 112 valence electrons. The fourth-order valence-electron chi connectivity index (χ4n) is 1.45. The minimum Gasteiger partial charge on any atom is -0.484 e. The molecule has 0 atom stereocenters. The first kappa shape index (κ1) is 15.8. The Morgan fingerprint density at radius 2 is 2.05 bits per heavy atom. The van der Waals surface area contributed by atoms with Crippen molar-refractivity contribution < 1.29 is 9.53 Å². The highest BCUT2D eigenvalue weighted by molar-refractivity contribution is 8.01. The highest BCUT2D eigenvalue weighted by Gasteiger charge is 2.10. The largest absolute Gasteiger partial charge is 0.484 e. The quantitative estimate of drug-likeness (QED) is 0.652. The smallest absolute Gasteiger partial charge is 0.264 e. The third kappa shape index (κ3) is 5.35. The van der Waals surface area contributed by atoms with E-state index >= 15 is 0 Å². The number of ether oxygens (including phenoxy) is 1. The zero-order chi connectivity index (χ0) is 15.2. The molecule has 5 nitrogen and oxygen atoms in total. The minimum absolute atomic E-state index is 0.0463. The second-order valence-electron chi connectivity index (χ2n) is 4.69. The first-order valence-electron chi connectivity index (χ1n) is 6.52. The average molecular weight is 323 g/mol. The summed E-state index contributed by atoms with van der Waals surface area (Å²) in [5, 5.41) is 11.6. The van der Waals surface area contributed by atoms with Crippen LogP contribution in [0.5, 0.6) is 5.75 Å². The summed E-state index contributed by atoms with van der Waals surface area (Å²) in [6.45, 7) is 6.12. The number of hydrogen-bond donors (Lipinski definition) is 1. The molecule has 0 saturated heterocycles. The maximum Gasteiger partial charge on any atom is 0.264 e. The minimum atomic E-state index is -0.243. The molecule has 0 aliphatic carbocycles. The highest BCUT2D eigenvalue weighted by atomic mass is 32.2. The van der Waals surface area contributed by atoms with Crippen LogP contribution in [0.2, 0.25) is 0 Å². The molecule has 0 radical (unpaired) electrons. The Morgan fingerprint density at radius 3 is 2.71 bits per heavy atom. The molecular weight excluding hydrogens is 306 g/mol. The van der Waals surface area contributed by atoms with Crippen LogP contribution in [-0.2, 0) is 4.79 Å². The fourth-order valence-corrected chi connectivity index (χ4v) is 3.44. The number of carbonyl (C=O) groups is 1. The van der Waals surface area contributed by atoms with Crippen molar-refractivity contribution in [1.82, 2.24) is 10.2 Å². The van der Waals surface area contributed by atoms with E-state index in [0.29, 0.717) is 16.1 Å². The summed E-state index contributed by atoms with van der Waals surface area (Å²) in [5.41, 5.74) is 1.15. The van der Waals surface area contributed by atoms with Crippen LogP contribution in [-0.4, -0.2) is 28.0 Å². The van der Waals surface area contributed by atoms with Crippen LogP contribution in [0.3, 0.4) is 0 Å². The summed E-state index contributed by atoms with van der Waals surface area (Å²) < 4.78 is 6.25. The van der Waals surface area contributed by atoms with Crippen molar-refractivity contribution in [3.05, 3.63) is 29.8 Å². The predicted molar refractivity (Wildman–Crippen MR) is 86.2 cm³/mol. The van der Waals surface area contributed by atoms with E-state index in [-0.39, 0.29) is 12.5 Å². The number of amides is 1. The van der Waals surface area contributed by atoms with Crippen LogP contribution in [0, 0.1) is 6.92 Å². The van der Waals surface area contributed by atoms with Gasteiger partial charge in [-0.3, -0.25) is 10.1 Å². The first-order valence-corrected chi connectivity index (χ1v) is 8.22. The lowest BCUT2D eigenvalue weighted by molar-refractivity contribution is -0.118. The van der Waals surface area contributed by atoms with Gasteiger partial charge in [0.1, 0.15) is 5.75 Å². The third-order valence-corrected chi connectivity index (χ3v) is 4.31. The van der Waals surface area contributed by atoms with E-state index in [9.17, 15) is 4.79 Å². The van der Waals surface area contributed by atoms with E-state index < -0.39 is 0 Å². The maximum absolute atomic E-state index is 11.8. The SMILES string of the molecule is Cc1ccc(OCC(=O)Nc2nnc(SC(C)C)s2)cc1. The average Bonchev–Trinajstić information content (AvgIpc) is 2.84. The molecule has 0 bridgehead atoms. The molecule has 0 unspecified atom stereocenters. The number of thioether (sulfide) groups is 1. The summed E-state index contributed by atoms with van der Waals surface area (Å²) in [6.07, 6.45) is 0. The van der Waals surface area contributed by atoms with Crippen molar-refractivity contribution in [3.8, 4) is 5.75 Å².